The average molecular weight is 718 g/mol. The number of rotatable bonds is 24. The Hall–Kier alpha value is -4.81. The molecule has 0 unspecified atom stereocenters. The predicted octanol–water partition coefficient (Wildman–Crippen LogP) is 7.96. The lowest BCUT2D eigenvalue weighted by Crippen LogP contribution is -2.11. The summed E-state index contributed by atoms with van der Waals surface area (Å²) in [5, 5.41) is 6.20. The van der Waals surface area contributed by atoms with E-state index in [1.165, 1.54) is 0 Å². The molecule has 3 aromatic carbocycles. The minimum absolute atomic E-state index is 0.117. The highest BCUT2D eigenvalue weighted by molar-refractivity contribution is 5.71. The summed E-state index contributed by atoms with van der Waals surface area (Å²) in [6.45, 7) is 2.77. The second-order valence-corrected chi connectivity index (χ2v) is 10.9. The Labute approximate surface area is 306 Å². The molecule has 9 nitrogen and oxygen atoms in total. The molecule has 4 aromatic rings. The van der Waals surface area contributed by atoms with Gasteiger partial charge in [-0.3, -0.25) is 0 Å². The Morgan fingerprint density at radius 1 is 0.462 bits per heavy atom. The van der Waals surface area contributed by atoms with E-state index >= 15 is 0 Å². The van der Waals surface area contributed by atoms with Crippen molar-refractivity contribution in [3.8, 4) is 11.6 Å². The molecule has 0 aliphatic rings. The van der Waals surface area contributed by atoms with Crippen LogP contribution in [-0.2, 0) is 18.9 Å². The third kappa shape index (κ3) is 18.4. The minimum atomic E-state index is -0.470. The Balaban J connectivity index is 0.000000280. The number of hydrogen-bond acceptors (Lipinski definition) is 9. The number of nitrogens with zero attached hydrogens (tertiary/aromatic N) is 1. The third-order valence-electron chi connectivity index (χ3n) is 7.14. The van der Waals surface area contributed by atoms with E-state index in [0.717, 1.165) is 39.4 Å². The Morgan fingerprint density at radius 3 is 1.27 bits per heavy atom. The summed E-state index contributed by atoms with van der Waals surface area (Å²) in [5.41, 5.74) is 6.56. The zero-order valence-corrected chi connectivity index (χ0v) is 30.1. The van der Waals surface area contributed by atoms with Crippen LogP contribution in [0.1, 0.15) is 22.3 Å². The second-order valence-electron chi connectivity index (χ2n) is 10.9. The topological polar surface area (TPSA) is 92.3 Å². The smallest absolute Gasteiger partial charge is 0.213 e. The van der Waals surface area contributed by atoms with Gasteiger partial charge in [-0.2, -0.15) is 0 Å². The van der Waals surface area contributed by atoms with Crippen LogP contribution in [0.4, 0.5) is 20.2 Å². The Kier molecular flexibility index (Phi) is 21.5. The van der Waals surface area contributed by atoms with Gasteiger partial charge in [-0.15, -0.1) is 0 Å². The van der Waals surface area contributed by atoms with Gasteiger partial charge in [0.1, 0.15) is 32.3 Å². The fraction of sp³-hybridized carbons (Fsp3) is 0.341. The average Bonchev–Trinajstić information content (AvgIpc) is 3.20. The molecule has 0 fully saturated rings. The van der Waals surface area contributed by atoms with Gasteiger partial charge in [0.25, 0.3) is 0 Å². The largest absolute Gasteiger partial charge is 0.491 e. The molecular formula is C41H51F2N3O6. The first-order valence-electron chi connectivity index (χ1n) is 17.3. The summed E-state index contributed by atoms with van der Waals surface area (Å²) in [6, 6.07) is 28.1. The Bertz CT molecular complexity index is 1400. The molecule has 280 valence electrons. The van der Waals surface area contributed by atoms with Gasteiger partial charge in [-0.1, -0.05) is 60.7 Å². The number of alkyl halides is 2. The monoisotopic (exact) mass is 717 g/mol. The van der Waals surface area contributed by atoms with E-state index in [0.29, 0.717) is 58.7 Å². The molecule has 0 bridgehead atoms. The summed E-state index contributed by atoms with van der Waals surface area (Å²) in [5.74, 6) is 1.36. The highest BCUT2D eigenvalue weighted by atomic mass is 18.2. The fourth-order valence-electron chi connectivity index (χ4n) is 4.33. The number of halogens is 2. The summed E-state index contributed by atoms with van der Waals surface area (Å²) in [6.07, 6.45) is 9.95. The van der Waals surface area contributed by atoms with E-state index in [1.54, 1.807) is 6.20 Å². The van der Waals surface area contributed by atoms with E-state index in [2.05, 4.69) is 52.0 Å². The molecule has 1 heterocycles. The summed E-state index contributed by atoms with van der Waals surface area (Å²) in [4.78, 5) is 4.27. The van der Waals surface area contributed by atoms with E-state index in [-0.39, 0.29) is 13.2 Å². The van der Waals surface area contributed by atoms with Gasteiger partial charge in [0.2, 0.25) is 5.88 Å². The molecule has 0 amide bonds. The highest BCUT2D eigenvalue weighted by Gasteiger charge is 1.98. The van der Waals surface area contributed by atoms with Gasteiger partial charge < -0.3 is 39.1 Å². The van der Waals surface area contributed by atoms with Crippen LogP contribution in [0.25, 0.3) is 24.3 Å². The molecule has 0 saturated carbocycles. The lowest BCUT2D eigenvalue weighted by Gasteiger charge is -2.07. The van der Waals surface area contributed by atoms with Crippen LogP contribution >= 0.6 is 0 Å². The van der Waals surface area contributed by atoms with Crippen molar-refractivity contribution in [2.45, 2.75) is 0 Å². The predicted molar refractivity (Wildman–Crippen MR) is 207 cm³/mol. The van der Waals surface area contributed by atoms with Crippen molar-refractivity contribution in [1.29, 1.82) is 0 Å². The van der Waals surface area contributed by atoms with Crippen molar-refractivity contribution >= 4 is 35.7 Å². The normalized spacial score (nSPS) is 11.0. The van der Waals surface area contributed by atoms with Crippen LogP contribution in [0.2, 0.25) is 0 Å². The van der Waals surface area contributed by atoms with Crippen LogP contribution in [0.15, 0.2) is 91.1 Å². The first-order chi connectivity index (χ1) is 25.6. The lowest BCUT2D eigenvalue weighted by atomic mass is 10.1. The molecule has 0 radical (unpaired) electrons. The first-order valence-corrected chi connectivity index (χ1v) is 17.3. The molecule has 2 N–H and O–H groups in total. The minimum Gasteiger partial charge on any atom is -0.491 e. The quantitative estimate of drug-likeness (QED) is 0.0554. The molecule has 52 heavy (non-hydrogen) atoms. The summed E-state index contributed by atoms with van der Waals surface area (Å²) >= 11 is 0. The number of nitrogens with one attached hydrogen (secondary N) is 2. The zero-order valence-electron chi connectivity index (χ0n) is 30.1. The van der Waals surface area contributed by atoms with Gasteiger partial charge in [-0.25, -0.2) is 13.8 Å². The van der Waals surface area contributed by atoms with E-state index in [9.17, 15) is 8.78 Å². The standard InChI is InChI=1S/C21H26FNO3.C20H25FN2O3/c1-23-20-8-4-18(5-9-20)2-3-19-6-10-21(11-7-19)26-17-16-25-15-14-24-13-12-22;1-22-19-7-4-17(5-8-19)2-3-18-6-9-20(23-16-18)26-15-14-25-13-12-24-11-10-21/h2-11,23H,12-17H2,1H3;2-9,16,22H,10-15H2,1H3/b2*3-2+/i22-1;21-1. The number of anilines is 2. The van der Waals surface area contributed by atoms with Gasteiger partial charge in [0.15, 0.2) is 0 Å². The molecule has 4 rings (SSSR count). The van der Waals surface area contributed by atoms with Crippen molar-refractivity contribution in [3.05, 3.63) is 113 Å². The molecular weight excluding hydrogens is 666 g/mol. The maximum absolute atomic E-state index is 11.8. The van der Waals surface area contributed by atoms with Gasteiger partial charge in [-0.05, 0) is 64.7 Å². The van der Waals surface area contributed by atoms with Crippen molar-refractivity contribution in [1.82, 2.24) is 4.98 Å². The van der Waals surface area contributed by atoms with E-state index < -0.39 is 13.3 Å². The molecule has 0 atom stereocenters. The van der Waals surface area contributed by atoms with Crippen LogP contribution in [0.3, 0.4) is 0 Å². The van der Waals surface area contributed by atoms with Crippen LogP contribution in [0, 0.1) is 0 Å². The highest BCUT2D eigenvalue weighted by Crippen LogP contribution is 2.16. The van der Waals surface area contributed by atoms with Crippen LogP contribution < -0.4 is 20.1 Å². The molecule has 0 aliphatic carbocycles. The summed E-state index contributed by atoms with van der Waals surface area (Å²) in [7, 11) is 3.81. The first kappa shape index (κ1) is 41.6. The summed E-state index contributed by atoms with van der Waals surface area (Å²) < 4.78 is 55.3. The lowest BCUT2D eigenvalue weighted by molar-refractivity contribution is 0.0320. The van der Waals surface area contributed by atoms with Crippen molar-refractivity contribution in [3.63, 3.8) is 0 Å². The molecule has 1 aromatic heterocycles. The third-order valence-corrected chi connectivity index (χ3v) is 7.14. The van der Waals surface area contributed by atoms with Crippen molar-refractivity contribution in [2.24, 2.45) is 0 Å². The molecule has 0 aliphatic heterocycles. The number of pyridine rings is 1. The number of aromatic nitrogens is 1. The van der Waals surface area contributed by atoms with Crippen LogP contribution in [-0.4, -0.2) is 98.5 Å². The molecule has 0 spiro atoms. The maximum Gasteiger partial charge on any atom is 0.213 e. The maximum atomic E-state index is 11.8. The van der Waals surface area contributed by atoms with Crippen LogP contribution in [0.5, 0.6) is 11.6 Å². The Morgan fingerprint density at radius 2 is 0.846 bits per heavy atom. The molecule has 11 heteroatoms. The van der Waals surface area contributed by atoms with Gasteiger partial charge >= 0.3 is 0 Å². The SMILES string of the molecule is CNc1ccc(/C=C/c2ccc(OCCOCCOCC[18F])cc2)cc1.CNc1ccc(/C=C/c2ccc(OCCOCCOCC[18F])nc2)cc1. The molecule has 0 saturated heterocycles. The van der Waals surface area contributed by atoms with Crippen molar-refractivity contribution < 1.29 is 37.2 Å². The van der Waals surface area contributed by atoms with E-state index in [4.69, 9.17) is 28.4 Å². The van der Waals surface area contributed by atoms with Crippen molar-refractivity contribution in [2.75, 3.05) is 104 Å². The van der Waals surface area contributed by atoms with Gasteiger partial charge in [0, 0.05) is 37.7 Å². The number of benzene rings is 3. The second kappa shape index (κ2) is 26.9. The number of hydrogen-bond donors (Lipinski definition) is 2. The van der Waals surface area contributed by atoms with Gasteiger partial charge in [0.05, 0.1) is 52.9 Å². The zero-order chi connectivity index (χ0) is 36.9. The fourth-order valence-corrected chi connectivity index (χ4v) is 4.33. The number of ether oxygens (including phenoxy) is 6. The van der Waals surface area contributed by atoms with E-state index in [1.807, 2.05) is 86.9 Å².